The fourth-order valence-electron chi connectivity index (χ4n) is 1.83. The molecule has 0 aliphatic rings. The maximum atomic E-state index is 11.8. The Morgan fingerprint density at radius 3 is 2.77 bits per heavy atom. The number of carbonyl (C=O) groups excluding carboxylic acids is 1. The molecule has 0 fully saturated rings. The van der Waals surface area contributed by atoms with Gasteiger partial charge in [0.25, 0.3) is 0 Å². The summed E-state index contributed by atoms with van der Waals surface area (Å²) in [5.74, 6) is 0. The van der Waals surface area contributed by atoms with Crippen molar-refractivity contribution < 1.29 is 4.79 Å². The van der Waals surface area contributed by atoms with E-state index in [2.05, 4.69) is 27.8 Å². The third-order valence-corrected chi connectivity index (χ3v) is 4.06. The molecular weight excluding hydrogens is 298 g/mol. The molecule has 2 aromatic rings. The van der Waals surface area contributed by atoms with Gasteiger partial charge in [0.2, 0.25) is 10.3 Å². The van der Waals surface area contributed by atoms with Gasteiger partial charge in [0.05, 0.1) is 0 Å². The number of benzene rings is 1. The van der Waals surface area contributed by atoms with Crippen molar-refractivity contribution in [1.82, 2.24) is 15.5 Å². The maximum absolute atomic E-state index is 11.8. The molecule has 118 valence electrons. The second-order valence-corrected chi connectivity index (χ2v) is 5.91. The fourth-order valence-corrected chi connectivity index (χ4v) is 2.56. The molecule has 1 heterocycles. The average Bonchev–Trinajstić information content (AvgIpc) is 3.00. The van der Waals surface area contributed by atoms with Crippen molar-refractivity contribution >= 4 is 27.6 Å². The van der Waals surface area contributed by atoms with Crippen LogP contribution in [0.3, 0.4) is 0 Å². The number of unbranched alkanes of at least 4 members (excludes halogenated alkanes) is 1. The summed E-state index contributed by atoms with van der Waals surface area (Å²) in [7, 11) is 1.98. The summed E-state index contributed by atoms with van der Waals surface area (Å²) in [5.41, 5.74) is 1.05. The van der Waals surface area contributed by atoms with Crippen LogP contribution in [0.4, 0.5) is 15.1 Å². The van der Waals surface area contributed by atoms with Crippen molar-refractivity contribution in [1.29, 1.82) is 0 Å². The minimum atomic E-state index is -0.275. The molecule has 0 aliphatic carbocycles. The molecule has 0 saturated heterocycles. The van der Waals surface area contributed by atoms with Crippen molar-refractivity contribution in [2.45, 2.75) is 26.3 Å². The van der Waals surface area contributed by atoms with Crippen LogP contribution in [0.5, 0.6) is 0 Å². The number of nitrogens with one attached hydrogen (secondary N) is 2. The van der Waals surface area contributed by atoms with Crippen molar-refractivity contribution in [3.05, 3.63) is 35.9 Å². The minimum absolute atomic E-state index is 0.275. The monoisotopic (exact) mass is 319 g/mol. The highest BCUT2D eigenvalue weighted by atomic mass is 32.1. The molecule has 0 spiro atoms. The van der Waals surface area contributed by atoms with Crippen LogP contribution in [0.25, 0.3) is 0 Å². The summed E-state index contributed by atoms with van der Waals surface area (Å²) >= 11 is 1.37. The molecule has 0 aliphatic heterocycles. The van der Waals surface area contributed by atoms with Crippen LogP contribution >= 0.6 is 11.3 Å². The molecule has 0 unspecified atom stereocenters. The SMILES string of the molecule is CCCCN(C)c1nnc(NC(=O)NCc2ccccc2)s1. The zero-order chi connectivity index (χ0) is 15.8. The van der Waals surface area contributed by atoms with E-state index in [1.807, 2.05) is 42.3 Å². The van der Waals surface area contributed by atoms with E-state index in [4.69, 9.17) is 0 Å². The first-order valence-electron chi connectivity index (χ1n) is 7.32. The van der Waals surface area contributed by atoms with E-state index in [1.54, 1.807) is 0 Å². The van der Waals surface area contributed by atoms with Gasteiger partial charge in [-0.05, 0) is 12.0 Å². The largest absolute Gasteiger partial charge is 0.350 e. The number of aromatic nitrogens is 2. The molecule has 0 saturated carbocycles. The second-order valence-electron chi connectivity index (χ2n) is 4.96. The predicted octanol–water partition coefficient (Wildman–Crippen LogP) is 3.10. The Hall–Kier alpha value is -2.15. The molecule has 2 rings (SSSR count). The highest BCUT2D eigenvalue weighted by molar-refractivity contribution is 7.19. The molecule has 0 bridgehead atoms. The quantitative estimate of drug-likeness (QED) is 0.823. The van der Waals surface area contributed by atoms with E-state index < -0.39 is 0 Å². The van der Waals surface area contributed by atoms with Crippen LogP contribution in [0, 0.1) is 0 Å². The van der Waals surface area contributed by atoms with Crippen molar-refractivity contribution in [3.63, 3.8) is 0 Å². The summed E-state index contributed by atoms with van der Waals surface area (Å²) in [6, 6.07) is 9.48. The summed E-state index contributed by atoms with van der Waals surface area (Å²) < 4.78 is 0. The third kappa shape index (κ3) is 5.00. The summed E-state index contributed by atoms with van der Waals surface area (Å²) in [4.78, 5) is 13.9. The average molecular weight is 319 g/mol. The molecule has 22 heavy (non-hydrogen) atoms. The zero-order valence-corrected chi connectivity index (χ0v) is 13.7. The van der Waals surface area contributed by atoms with Gasteiger partial charge >= 0.3 is 6.03 Å². The highest BCUT2D eigenvalue weighted by Gasteiger charge is 2.10. The van der Waals surface area contributed by atoms with E-state index in [0.717, 1.165) is 30.1 Å². The van der Waals surface area contributed by atoms with Gasteiger partial charge in [0.15, 0.2) is 0 Å². The number of hydrogen-bond acceptors (Lipinski definition) is 5. The van der Waals surface area contributed by atoms with Gasteiger partial charge in [0, 0.05) is 20.1 Å². The molecule has 0 radical (unpaired) electrons. The number of urea groups is 1. The van der Waals surface area contributed by atoms with Crippen LogP contribution in [0.1, 0.15) is 25.3 Å². The number of hydrogen-bond donors (Lipinski definition) is 2. The van der Waals surface area contributed by atoms with Gasteiger partial charge in [-0.2, -0.15) is 0 Å². The van der Waals surface area contributed by atoms with E-state index in [9.17, 15) is 4.79 Å². The summed E-state index contributed by atoms with van der Waals surface area (Å²) in [5, 5.41) is 14.9. The molecule has 6 nitrogen and oxygen atoms in total. The maximum Gasteiger partial charge on any atom is 0.321 e. The van der Waals surface area contributed by atoms with E-state index in [-0.39, 0.29) is 6.03 Å². The van der Waals surface area contributed by atoms with Crippen molar-refractivity contribution in [2.24, 2.45) is 0 Å². The molecule has 1 aromatic heterocycles. The van der Waals surface area contributed by atoms with Gasteiger partial charge < -0.3 is 10.2 Å². The number of anilines is 2. The third-order valence-electron chi connectivity index (χ3n) is 3.10. The fraction of sp³-hybridized carbons (Fsp3) is 0.400. The highest BCUT2D eigenvalue weighted by Crippen LogP contribution is 2.23. The van der Waals surface area contributed by atoms with Gasteiger partial charge in [-0.3, -0.25) is 5.32 Å². The second kappa shape index (κ2) is 8.33. The number of nitrogens with zero attached hydrogens (tertiary/aromatic N) is 3. The van der Waals surface area contributed by atoms with Crippen molar-refractivity contribution in [2.75, 3.05) is 23.8 Å². The lowest BCUT2D eigenvalue weighted by molar-refractivity contribution is 0.251. The summed E-state index contributed by atoms with van der Waals surface area (Å²) in [6.45, 7) is 3.57. The zero-order valence-electron chi connectivity index (χ0n) is 12.9. The Labute approximate surface area is 134 Å². The van der Waals surface area contributed by atoms with Gasteiger partial charge in [-0.1, -0.05) is 55.0 Å². The molecule has 2 amide bonds. The topological polar surface area (TPSA) is 70.2 Å². The van der Waals surface area contributed by atoms with Crippen LogP contribution in [-0.2, 0) is 6.54 Å². The van der Waals surface area contributed by atoms with Crippen LogP contribution in [0.2, 0.25) is 0 Å². The Morgan fingerprint density at radius 1 is 1.27 bits per heavy atom. The van der Waals surface area contributed by atoms with E-state index in [1.165, 1.54) is 11.3 Å². The lowest BCUT2D eigenvalue weighted by Gasteiger charge is -2.13. The summed E-state index contributed by atoms with van der Waals surface area (Å²) in [6.07, 6.45) is 2.24. The van der Waals surface area contributed by atoms with Crippen LogP contribution in [0.15, 0.2) is 30.3 Å². The first-order valence-corrected chi connectivity index (χ1v) is 8.14. The van der Waals surface area contributed by atoms with E-state index >= 15 is 0 Å². The van der Waals surface area contributed by atoms with Crippen LogP contribution in [-0.4, -0.2) is 29.8 Å². The van der Waals surface area contributed by atoms with Crippen molar-refractivity contribution in [3.8, 4) is 0 Å². The lowest BCUT2D eigenvalue weighted by Crippen LogP contribution is -2.28. The Balaban J connectivity index is 1.80. The van der Waals surface area contributed by atoms with Gasteiger partial charge in [0.1, 0.15) is 0 Å². The lowest BCUT2D eigenvalue weighted by atomic mass is 10.2. The minimum Gasteiger partial charge on any atom is -0.350 e. The molecule has 0 atom stereocenters. The smallest absolute Gasteiger partial charge is 0.321 e. The molecule has 1 aromatic carbocycles. The first kappa shape index (κ1) is 16.2. The molecule has 7 heteroatoms. The number of rotatable bonds is 7. The molecule has 2 N–H and O–H groups in total. The van der Waals surface area contributed by atoms with Crippen LogP contribution < -0.4 is 15.5 Å². The normalized spacial score (nSPS) is 10.3. The van der Waals surface area contributed by atoms with E-state index in [0.29, 0.717) is 11.7 Å². The standard InChI is InChI=1S/C15H21N5OS/c1-3-4-10-20(2)15-19-18-14(22-15)17-13(21)16-11-12-8-6-5-7-9-12/h5-9H,3-4,10-11H2,1-2H3,(H2,16,17,18,21). The van der Waals surface area contributed by atoms with Gasteiger partial charge in [-0.25, -0.2) is 4.79 Å². The first-order chi connectivity index (χ1) is 10.7. The Bertz CT molecular complexity index is 587. The van der Waals surface area contributed by atoms with Gasteiger partial charge in [-0.15, -0.1) is 10.2 Å². The number of amides is 2. The number of carbonyl (C=O) groups is 1. The predicted molar refractivity (Wildman–Crippen MR) is 90.4 cm³/mol. The Morgan fingerprint density at radius 2 is 2.05 bits per heavy atom. The molecular formula is C15H21N5OS. The Kier molecular flexibility index (Phi) is 6.14.